The molecule has 0 amide bonds. The Morgan fingerprint density at radius 3 is 2.41 bits per heavy atom. The van der Waals surface area contributed by atoms with E-state index in [-0.39, 0.29) is 6.42 Å². The topological polar surface area (TPSA) is 77.2 Å². The maximum absolute atomic E-state index is 12.8. The predicted octanol–water partition coefficient (Wildman–Crippen LogP) is 10.6. The number of benzene rings is 4. The fourth-order valence-corrected chi connectivity index (χ4v) is 6.95. The van der Waals surface area contributed by atoms with Gasteiger partial charge in [0.15, 0.2) is 0 Å². The lowest BCUT2D eigenvalue weighted by atomic mass is 9.79. The van der Waals surface area contributed by atoms with Crippen molar-refractivity contribution in [1.29, 1.82) is 0 Å². The Morgan fingerprint density at radius 2 is 1.65 bits per heavy atom. The molecule has 0 saturated heterocycles. The summed E-state index contributed by atoms with van der Waals surface area (Å²) in [5.74, 6) is 0.945. The van der Waals surface area contributed by atoms with Crippen molar-refractivity contribution in [1.82, 2.24) is 14.5 Å². The number of hydrogen-bond donors (Lipinski definition) is 1. The molecule has 2 atom stereocenters. The number of rotatable bonds is 15. The minimum Gasteiger partial charge on any atom is -0.487 e. The van der Waals surface area contributed by atoms with Gasteiger partial charge in [0, 0.05) is 28.9 Å². The quantitative estimate of drug-likeness (QED) is 0.107. The number of unbranched alkanes of at least 4 members (excludes halogenated alkanes) is 3. The lowest BCUT2D eigenvalue weighted by Gasteiger charge is -2.25. The Hall–Kier alpha value is -4.49. The van der Waals surface area contributed by atoms with Crippen molar-refractivity contribution in [3.8, 4) is 5.75 Å². The average molecular weight is 719 g/mol. The van der Waals surface area contributed by atoms with Gasteiger partial charge < -0.3 is 14.4 Å². The number of carboxylic acid groups (broad SMARTS) is 1. The van der Waals surface area contributed by atoms with Gasteiger partial charge >= 0.3 is 5.97 Å². The Morgan fingerprint density at radius 1 is 0.898 bits per heavy atom. The van der Waals surface area contributed by atoms with Crippen LogP contribution >= 0.6 is 15.9 Å². The molecule has 0 radical (unpaired) electrons. The number of imidazole rings is 1. The number of aromatic nitrogens is 3. The molecule has 0 aliphatic rings. The van der Waals surface area contributed by atoms with Gasteiger partial charge in [-0.1, -0.05) is 116 Å². The summed E-state index contributed by atoms with van der Waals surface area (Å²) in [6.45, 7) is 7.24. The van der Waals surface area contributed by atoms with Gasteiger partial charge in [-0.2, -0.15) is 0 Å². The molecule has 4 aromatic carbocycles. The fourth-order valence-electron chi connectivity index (χ4n) is 6.69. The number of ether oxygens (including phenoxy) is 1. The lowest BCUT2D eigenvalue weighted by molar-refractivity contribution is -0.143. The maximum Gasteiger partial charge on any atom is 0.314 e. The summed E-state index contributed by atoms with van der Waals surface area (Å²) in [4.78, 5) is 22.8. The number of halogens is 1. The Bertz CT molecular complexity index is 2040. The van der Waals surface area contributed by atoms with Gasteiger partial charge in [-0.25, -0.2) is 9.97 Å². The summed E-state index contributed by atoms with van der Waals surface area (Å²) in [5.41, 5.74) is 5.58. The normalized spacial score (nSPS) is 13.4. The Kier molecular flexibility index (Phi) is 10.8. The van der Waals surface area contributed by atoms with Crippen molar-refractivity contribution in [3.63, 3.8) is 0 Å². The van der Waals surface area contributed by atoms with Crippen LogP contribution in [0.2, 0.25) is 0 Å². The number of hydrogen-bond acceptors (Lipinski definition) is 4. The maximum atomic E-state index is 12.8. The minimum atomic E-state index is -1.16. The molecular weight excluding hydrogens is 674 g/mol. The van der Waals surface area contributed by atoms with Crippen LogP contribution in [-0.4, -0.2) is 25.6 Å². The molecule has 6 aromatic rings. The largest absolute Gasteiger partial charge is 0.487 e. The monoisotopic (exact) mass is 717 g/mol. The zero-order chi connectivity index (χ0) is 34.4. The van der Waals surface area contributed by atoms with E-state index in [1.165, 1.54) is 36.6 Å². The zero-order valence-electron chi connectivity index (χ0n) is 28.5. The summed E-state index contributed by atoms with van der Waals surface area (Å²) < 4.78 is 9.51. The first kappa shape index (κ1) is 34.4. The third-order valence-electron chi connectivity index (χ3n) is 9.66. The van der Waals surface area contributed by atoms with Crippen molar-refractivity contribution in [2.24, 2.45) is 0 Å². The van der Waals surface area contributed by atoms with Crippen LogP contribution in [0, 0.1) is 0 Å². The second-order valence-electron chi connectivity index (χ2n) is 13.3. The van der Waals surface area contributed by atoms with Gasteiger partial charge in [-0.15, -0.1) is 0 Å². The molecule has 1 unspecified atom stereocenters. The molecule has 6 rings (SSSR count). The van der Waals surface area contributed by atoms with Crippen LogP contribution in [-0.2, 0) is 29.8 Å². The summed E-state index contributed by atoms with van der Waals surface area (Å²) in [5, 5.41) is 11.7. The van der Waals surface area contributed by atoms with Crippen LogP contribution in [0.15, 0.2) is 108 Å². The van der Waals surface area contributed by atoms with Gasteiger partial charge in [0.2, 0.25) is 0 Å². The van der Waals surface area contributed by atoms with E-state index in [1.807, 2.05) is 66.7 Å². The van der Waals surface area contributed by atoms with Gasteiger partial charge in [-0.05, 0) is 72.4 Å². The van der Waals surface area contributed by atoms with E-state index in [9.17, 15) is 9.90 Å². The molecule has 0 spiro atoms. The van der Waals surface area contributed by atoms with Crippen LogP contribution in [0.1, 0.15) is 87.0 Å². The van der Waals surface area contributed by atoms with Crippen molar-refractivity contribution >= 4 is 43.8 Å². The molecule has 7 heteroatoms. The molecule has 49 heavy (non-hydrogen) atoms. The molecule has 6 nitrogen and oxygen atoms in total. The number of pyridine rings is 1. The highest BCUT2D eigenvalue weighted by Gasteiger charge is 2.37. The molecule has 0 aliphatic heterocycles. The molecule has 0 bridgehead atoms. The highest BCUT2D eigenvalue weighted by atomic mass is 79.9. The van der Waals surface area contributed by atoms with E-state index in [0.29, 0.717) is 30.6 Å². The van der Waals surface area contributed by atoms with Gasteiger partial charge in [-0.3, -0.25) is 4.79 Å². The molecule has 0 fully saturated rings. The average Bonchev–Trinajstić information content (AvgIpc) is 3.45. The number of para-hydroxylation sites is 1. The van der Waals surface area contributed by atoms with Gasteiger partial charge in [0.1, 0.15) is 18.2 Å². The number of nitrogens with zero attached hydrogens (tertiary/aromatic N) is 3. The van der Waals surface area contributed by atoms with E-state index in [1.54, 1.807) is 6.92 Å². The smallest absolute Gasteiger partial charge is 0.314 e. The SMILES string of the molecule is CCCCCC[C@@H](C)c1cc(COc2ccc3c(c2)nc(CC(C)(C(=O)O)c2ccccc2)n3Cc2ccc(Br)cc2)nc2ccccc12. The first-order chi connectivity index (χ1) is 23.7. The highest BCUT2D eigenvalue weighted by Crippen LogP contribution is 2.33. The van der Waals surface area contributed by atoms with E-state index in [4.69, 9.17) is 14.7 Å². The first-order valence-corrected chi connectivity index (χ1v) is 18.1. The molecule has 2 aromatic heterocycles. The van der Waals surface area contributed by atoms with Gasteiger partial charge in [0.25, 0.3) is 0 Å². The van der Waals surface area contributed by atoms with E-state index in [2.05, 4.69) is 70.7 Å². The molecule has 1 N–H and O–H groups in total. The van der Waals surface area contributed by atoms with E-state index < -0.39 is 11.4 Å². The van der Waals surface area contributed by atoms with Crippen LogP contribution in [0.5, 0.6) is 5.75 Å². The second kappa shape index (κ2) is 15.4. The number of aliphatic carboxylic acids is 1. The summed E-state index contributed by atoms with van der Waals surface area (Å²) in [6.07, 6.45) is 6.40. The Labute approximate surface area is 297 Å². The van der Waals surface area contributed by atoms with E-state index >= 15 is 0 Å². The fraction of sp³-hybridized carbons (Fsp3) is 0.310. The molecular formula is C42H44BrN3O3. The van der Waals surface area contributed by atoms with Crippen LogP contribution in [0.3, 0.4) is 0 Å². The molecule has 2 heterocycles. The first-order valence-electron chi connectivity index (χ1n) is 17.3. The third kappa shape index (κ3) is 7.88. The molecule has 0 aliphatic carbocycles. The van der Waals surface area contributed by atoms with E-state index in [0.717, 1.165) is 44.3 Å². The molecule has 252 valence electrons. The zero-order valence-corrected chi connectivity index (χ0v) is 30.1. The van der Waals surface area contributed by atoms with Gasteiger partial charge in [0.05, 0.1) is 27.7 Å². The number of carbonyl (C=O) groups is 1. The summed E-state index contributed by atoms with van der Waals surface area (Å²) in [6, 6.07) is 34.1. The minimum absolute atomic E-state index is 0.230. The third-order valence-corrected chi connectivity index (χ3v) is 10.2. The van der Waals surface area contributed by atoms with Crippen molar-refractivity contribution < 1.29 is 14.6 Å². The molecule has 0 saturated carbocycles. The van der Waals surface area contributed by atoms with Crippen molar-refractivity contribution in [3.05, 3.63) is 136 Å². The van der Waals surface area contributed by atoms with Crippen LogP contribution in [0.4, 0.5) is 0 Å². The van der Waals surface area contributed by atoms with Crippen molar-refractivity contribution in [2.45, 2.75) is 83.8 Å². The van der Waals surface area contributed by atoms with Crippen LogP contribution in [0.25, 0.3) is 21.9 Å². The second-order valence-corrected chi connectivity index (χ2v) is 14.2. The number of fused-ring (bicyclic) bond motifs is 2. The number of carboxylic acids is 1. The highest BCUT2D eigenvalue weighted by molar-refractivity contribution is 9.10. The summed E-state index contributed by atoms with van der Waals surface area (Å²) >= 11 is 3.53. The van der Waals surface area contributed by atoms with Crippen LogP contribution < -0.4 is 4.74 Å². The van der Waals surface area contributed by atoms with Crippen molar-refractivity contribution in [2.75, 3.05) is 0 Å². The standard InChI is InChI=1S/C42H44BrN3O3/c1-4-5-6-8-13-29(2)36-24-33(44-37-17-12-11-16-35(36)37)28-49-34-22-23-39-38(25-34)45-40(46(39)27-30-18-20-32(43)21-19-30)26-42(3,41(47)48)31-14-9-7-10-15-31/h7,9-12,14-25,29H,4-6,8,13,26-28H2,1-3H3,(H,47,48)/t29-,42?/m1/s1. The predicted molar refractivity (Wildman–Crippen MR) is 201 cm³/mol. The Balaban J connectivity index is 1.30. The summed E-state index contributed by atoms with van der Waals surface area (Å²) in [7, 11) is 0. The lowest BCUT2D eigenvalue weighted by Crippen LogP contribution is -2.35.